The topological polar surface area (TPSA) is 113 Å². The van der Waals surface area contributed by atoms with Gasteiger partial charge in [0.1, 0.15) is 48.8 Å². The summed E-state index contributed by atoms with van der Waals surface area (Å²) in [6, 6.07) is 59.4. The van der Waals surface area contributed by atoms with Crippen LogP contribution in [0.2, 0.25) is 0 Å². The van der Waals surface area contributed by atoms with E-state index in [0.717, 1.165) is 33.4 Å². The summed E-state index contributed by atoms with van der Waals surface area (Å²) in [6.07, 6.45) is -9.20. The fraction of sp³-hybridized carbons (Fsp3) is 0.345. The van der Waals surface area contributed by atoms with Crippen molar-refractivity contribution in [2.45, 2.75) is 101 Å². The molecule has 0 spiro atoms. The zero-order chi connectivity index (χ0) is 45.2. The summed E-state index contributed by atoms with van der Waals surface area (Å²) in [7, 11) is 1.56. The Morgan fingerprint density at radius 3 is 1.03 bits per heavy atom. The number of ether oxygens (including phenoxy) is 10. The Kier molecular flexibility index (Phi) is 18.0. The first-order valence-electron chi connectivity index (χ1n) is 22.6. The Morgan fingerprint density at radius 2 is 0.667 bits per heavy atom. The van der Waals surface area contributed by atoms with E-state index in [4.69, 9.17) is 47.4 Å². The summed E-state index contributed by atoms with van der Waals surface area (Å²) in [4.78, 5) is 0. The van der Waals surface area contributed by atoms with Crippen molar-refractivity contribution >= 4 is 0 Å². The van der Waals surface area contributed by atoms with E-state index in [-0.39, 0.29) is 39.6 Å². The monoisotopic (exact) mass is 896 g/mol. The molecule has 6 aromatic rings. The van der Waals surface area contributed by atoms with E-state index in [1.165, 1.54) is 0 Å². The van der Waals surface area contributed by atoms with E-state index in [0.29, 0.717) is 13.2 Å². The predicted octanol–water partition coefficient (Wildman–Crippen LogP) is 8.60. The average Bonchev–Trinajstić information content (AvgIpc) is 3.37. The number of benzene rings is 6. The minimum absolute atomic E-state index is 0.110. The van der Waals surface area contributed by atoms with Crippen LogP contribution in [0.1, 0.15) is 33.4 Å². The highest BCUT2D eigenvalue weighted by Gasteiger charge is 2.54. The molecule has 11 heteroatoms. The molecule has 2 aliphatic rings. The fourth-order valence-corrected chi connectivity index (χ4v) is 8.23. The molecule has 0 unspecified atom stereocenters. The van der Waals surface area contributed by atoms with Crippen LogP contribution < -0.4 is 0 Å². The van der Waals surface area contributed by atoms with E-state index in [1.54, 1.807) is 7.11 Å². The van der Waals surface area contributed by atoms with E-state index in [2.05, 4.69) is 0 Å². The molecule has 6 aromatic carbocycles. The minimum Gasteiger partial charge on any atom is -0.385 e. The first-order chi connectivity index (χ1) is 32.6. The van der Waals surface area contributed by atoms with Crippen LogP contribution in [0.15, 0.2) is 182 Å². The smallest absolute Gasteiger partial charge is 0.187 e. The molecular formula is C55H60O11. The lowest BCUT2D eigenvalue weighted by atomic mass is 9.96. The molecule has 8 rings (SSSR count). The van der Waals surface area contributed by atoms with Crippen molar-refractivity contribution in [1.29, 1.82) is 0 Å². The van der Waals surface area contributed by atoms with Crippen LogP contribution in [0.25, 0.3) is 0 Å². The van der Waals surface area contributed by atoms with Gasteiger partial charge in [-0.3, -0.25) is 0 Å². The van der Waals surface area contributed by atoms with Gasteiger partial charge < -0.3 is 52.5 Å². The average molecular weight is 897 g/mol. The molecule has 0 saturated carbocycles. The van der Waals surface area contributed by atoms with Crippen LogP contribution in [0.4, 0.5) is 0 Å². The lowest BCUT2D eigenvalue weighted by Gasteiger charge is -2.49. The number of hydrogen-bond acceptors (Lipinski definition) is 11. The van der Waals surface area contributed by atoms with Crippen LogP contribution in [0, 0.1) is 0 Å². The number of hydrogen-bond donors (Lipinski definition) is 1. The van der Waals surface area contributed by atoms with Gasteiger partial charge in [0.05, 0.1) is 52.9 Å². The molecule has 2 fully saturated rings. The molecule has 10 atom stereocenters. The Morgan fingerprint density at radius 1 is 0.364 bits per heavy atom. The van der Waals surface area contributed by atoms with Crippen molar-refractivity contribution in [1.82, 2.24) is 0 Å². The third-order valence-corrected chi connectivity index (χ3v) is 11.7. The lowest BCUT2D eigenvalue weighted by Crippen LogP contribution is -2.66. The van der Waals surface area contributed by atoms with E-state index >= 15 is 0 Å². The first-order valence-corrected chi connectivity index (χ1v) is 22.6. The molecule has 2 heterocycles. The molecule has 0 bridgehead atoms. The molecule has 2 saturated heterocycles. The number of rotatable bonds is 23. The van der Waals surface area contributed by atoms with Crippen LogP contribution in [0.5, 0.6) is 0 Å². The van der Waals surface area contributed by atoms with Crippen LogP contribution in [-0.2, 0) is 87.0 Å². The second-order valence-corrected chi connectivity index (χ2v) is 16.5. The van der Waals surface area contributed by atoms with Crippen molar-refractivity contribution in [3.8, 4) is 0 Å². The van der Waals surface area contributed by atoms with Crippen LogP contribution >= 0.6 is 0 Å². The molecule has 1 N–H and O–H groups in total. The van der Waals surface area contributed by atoms with Crippen molar-refractivity contribution in [3.63, 3.8) is 0 Å². The van der Waals surface area contributed by atoms with Gasteiger partial charge in [-0.2, -0.15) is 0 Å². The maximum Gasteiger partial charge on any atom is 0.187 e. The standard InChI is InChI=1S/C55H60O11/c1-57-55-53(52(63-37-45-30-18-7-19-31-45)50(61-35-43-26-14-5-15-27-43)47(65-55)39-59-33-41-22-10-3-11-23-41)66-54-48(56)51(62-36-44-28-16-6-17-29-44)49(60-34-42-24-12-4-13-25-42)46(64-54)38-58-32-40-20-8-2-9-21-40/h2-31,46-56H,32-39H2,1H3/t46-,47-,48-,49-,50-,51-,52+,53-,54+,55-/m1/s1. The van der Waals surface area contributed by atoms with Gasteiger partial charge in [-0.25, -0.2) is 0 Å². The lowest BCUT2D eigenvalue weighted by molar-refractivity contribution is -0.377. The molecular weight excluding hydrogens is 837 g/mol. The second kappa shape index (κ2) is 25.1. The number of aliphatic hydroxyl groups excluding tert-OH is 1. The molecule has 0 radical (unpaired) electrons. The predicted molar refractivity (Wildman–Crippen MR) is 247 cm³/mol. The Balaban J connectivity index is 1.10. The van der Waals surface area contributed by atoms with E-state index in [1.807, 2.05) is 182 Å². The highest BCUT2D eigenvalue weighted by molar-refractivity contribution is 5.18. The van der Waals surface area contributed by atoms with Crippen molar-refractivity contribution in [3.05, 3.63) is 215 Å². The molecule has 2 aliphatic heterocycles. The van der Waals surface area contributed by atoms with Crippen molar-refractivity contribution in [2.75, 3.05) is 20.3 Å². The Hall–Kier alpha value is -5.12. The third kappa shape index (κ3) is 13.5. The summed E-state index contributed by atoms with van der Waals surface area (Å²) >= 11 is 0. The van der Waals surface area contributed by atoms with Crippen LogP contribution in [-0.4, -0.2) is 86.8 Å². The quantitative estimate of drug-likeness (QED) is 0.0668. The number of aliphatic hydroxyl groups is 1. The molecule has 11 nitrogen and oxygen atoms in total. The minimum atomic E-state index is -1.34. The van der Waals surface area contributed by atoms with E-state index in [9.17, 15) is 5.11 Å². The summed E-state index contributed by atoms with van der Waals surface area (Å²) < 4.78 is 66.3. The summed E-state index contributed by atoms with van der Waals surface area (Å²) in [5.74, 6) is 0. The van der Waals surface area contributed by atoms with Crippen molar-refractivity contribution < 1.29 is 52.5 Å². The van der Waals surface area contributed by atoms with Gasteiger partial charge in [-0.05, 0) is 33.4 Å². The SMILES string of the molecule is CO[C@@H]1O[C@H](COCc2ccccc2)[C@@H](OCc2ccccc2)[C@H](OCc2ccccc2)[C@H]1O[C@@H]1O[C@H](COCc2ccccc2)[C@@H](OCc2ccccc2)[C@H](OCc2ccccc2)[C@H]1O. The first kappa shape index (κ1) is 47.4. The summed E-state index contributed by atoms with van der Waals surface area (Å²) in [5.41, 5.74) is 5.84. The summed E-state index contributed by atoms with van der Waals surface area (Å²) in [5, 5.41) is 12.5. The van der Waals surface area contributed by atoms with Gasteiger partial charge >= 0.3 is 0 Å². The largest absolute Gasteiger partial charge is 0.385 e. The fourth-order valence-electron chi connectivity index (χ4n) is 8.23. The maximum absolute atomic E-state index is 12.5. The zero-order valence-corrected chi connectivity index (χ0v) is 37.3. The highest BCUT2D eigenvalue weighted by atomic mass is 16.8. The van der Waals surface area contributed by atoms with Gasteiger partial charge in [-0.15, -0.1) is 0 Å². The summed E-state index contributed by atoms with van der Waals surface area (Å²) in [6.45, 7) is 1.93. The van der Waals surface area contributed by atoms with Gasteiger partial charge in [0, 0.05) is 7.11 Å². The molecule has 0 amide bonds. The van der Waals surface area contributed by atoms with E-state index < -0.39 is 61.4 Å². The molecule has 0 aliphatic carbocycles. The third-order valence-electron chi connectivity index (χ3n) is 11.7. The molecule has 346 valence electrons. The zero-order valence-electron chi connectivity index (χ0n) is 37.3. The Bertz CT molecular complexity index is 2220. The second-order valence-electron chi connectivity index (χ2n) is 16.5. The van der Waals surface area contributed by atoms with Gasteiger partial charge in [-0.1, -0.05) is 182 Å². The van der Waals surface area contributed by atoms with Crippen LogP contribution in [0.3, 0.4) is 0 Å². The normalized spacial score (nSPS) is 25.4. The molecule has 66 heavy (non-hydrogen) atoms. The number of methoxy groups -OCH3 is 1. The van der Waals surface area contributed by atoms with Crippen molar-refractivity contribution in [2.24, 2.45) is 0 Å². The maximum atomic E-state index is 12.5. The Labute approximate surface area is 388 Å². The highest BCUT2D eigenvalue weighted by Crippen LogP contribution is 2.35. The van der Waals surface area contributed by atoms with Gasteiger partial charge in [0.2, 0.25) is 0 Å². The van der Waals surface area contributed by atoms with Gasteiger partial charge in [0.25, 0.3) is 0 Å². The van der Waals surface area contributed by atoms with Gasteiger partial charge in [0.15, 0.2) is 12.6 Å². The molecule has 0 aromatic heterocycles.